The van der Waals surface area contributed by atoms with E-state index in [1.165, 1.54) is 0 Å². The first-order valence-electron chi connectivity index (χ1n) is 10.3. The van der Waals surface area contributed by atoms with E-state index in [-0.39, 0.29) is 31.6 Å². The van der Waals surface area contributed by atoms with Crippen molar-refractivity contribution in [3.8, 4) is 0 Å². The molecule has 1 fully saturated rings. The number of aromatic nitrogens is 3. The maximum atomic E-state index is 11.3. The summed E-state index contributed by atoms with van der Waals surface area (Å²) < 4.78 is 1.81. The number of pyridine rings is 1. The monoisotopic (exact) mass is 417 g/mol. The minimum Gasteiger partial charge on any atom is -0.481 e. The molecule has 0 bridgehead atoms. The molecule has 2 aliphatic rings. The number of aliphatic hydroxyl groups excluding tert-OH is 2. The number of fused-ring (bicyclic) bond motifs is 1. The zero-order chi connectivity index (χ0) is 21.3. The zero-order valence-electron chi connectivity index (χ0n) is 16.9. The molecule has 1 aliphatic heterocycles. The van der Waals surface area contributed by atoms with Crippen LogP contribution >= 0.6 is 0 Å². The summed E-state index contributed by atoms with van der Waals surface area (Å²) in [7, 11) is 0. The highest BCUT2D eigenvalue weighted by Gasteiger charge is 2.40. The van der Waals surface area contributed by atoms with Gasteiger partial charge < -0.3 is 25.5 Å². The molecule has 10 nitrogen and oxygen atoms in total. The Morgan fingerprint density at radius 3 is 2.60 bits per heavy atom. The molecule has 0 amide bonds. The second kappa shape index (κ2) is 8.19. The van der Waals surface area contributed by atoms with E-state index in [2.05, 4.69) is 20.6 Å². The number of carbonyl (C=O) groups is 1. The van der Waals surface area contributed by atoms with Gasteiger partial charge in [-0.3, -0.25) is 4.79 Å². The van der Waals surface area contributed by atoms with Gasteiger partial charge in [-0.15, -0.1) is 0 Å². The molecule has 0 saturated heterocycles. The van der Waals surface area contributed by atoms with Crippen LogP contribution in [-0.4, -0.2) is 66.6 Å². The zero-order valence-corrected chi connectivity index (χ0v) is 16.9. The van der Waals surface area contributed by atoms with E-state index >= 15 is 0 Å². The fraction of sp³-hybridized carbons (Fsp3) is 0.600. The number of rotatable bonds is 7. The van der Waals surface area contributed by atoms with Gasteiger partial charge in [-0.1, -0.05) is 5.16 Å². The van der Waals surface area contributed by atoms with E-state index in [1.807, 2.05) is 11.6 Å². The summed E-state index contributed by atoms with van der Waals surface area (Å²) in [5.74, 6) is -1.02. The van der Waals surface area contributed by atoms with Crippen LogP contribution < -0.4 is 5.32 Å². The van der Waals surface area contributed by atoms with Gasteiger partial charge in [-0.25, -0.2) is 9.67 Å². The Morgan fingerprint density at radius 1 is 1.27 bits per heavy atom. The molecule has 0 atom stereocenters. The van der Waals surface area contributed by atoms with E-state index in [0.717, 1.165) is 35.1 Å². The van der Waals surface area contributed by atoms with E-state index in [4.69, 9.17) is 4.84 Å². The van der Waals surface area contributed by atoms with Crippen molar-refractivity contribution < 1.29 is 25.0 Å². The lowest BCUT2D eigenvalue weighted by Crippen LogP contribution is -2.38. The Kier molecular flexibility index (Phi) is 5.61. The van der Waals surface area contributed by atoms with Crippen molar-refractivity contribution in [2.45, 2.75) is 57.2 Å². The molecule has 1 saturated carbocycles. The highest BCUT2D eigenvalue weighted by molar-refractivity contribution is 6.10. The lowest BCUT2D eigenvalue weighted by molar-refractivity contribution is -0.142. The summed E-state index contributed by atoms with van der Waals surface area (Å²) in [6.07, 6.45) is 6.51. The molecule has 2 aromatic heterocycles. The molecule has 30 heavy (non-hydrogen) atoms. The standard InChI is InChI=1S/C20H27N5O5/c1-2-25-18-15(9-22-25)17(23-13-5-3-12(4-6-13)19(28)29)14(8-21-18)16-7-20(10-26,11-27)30-24-16/h8-9,12-13,26-27H,2-7,10-11H2,1H3,(H,21,23)(H,28,29). The van der Waals surface area contributed by atoms with E-state index < -0.39 is 11.6 Å². The van der Waals surface area contributed by atoms with Crippen LogP contribution in [-0.2, 0) is 16.2 Å². The number of aryl methyl sites for hydroxylation is 1. The van der Waals surface area contributed by atoms with Crippen LogP contribution in [0.5, 0.6) is 0 Å². The van der Waals surface area contributed by atoms with Crippen LogP contribution in [0.4, 0.5) is 5.69 Å². The minimum absolute atomic E-state index is 0.123. The second-order valence-electron chi connectivity index (χ2n) is 8.08. The fourth-order valence-electron chi connectivity index (χ4n) is 4.21. The third-order valence-electron chi connectivity index (χ3n) is 6.12. The average Bonchev–Trinajstić information content (AvgIpc) is 3.39. The molecule has 0 aromatic carbocycles. The summed E-state index contributed by atoms with van der Waals surface area (Å²) in [5, 5.41) is 41.5. The van der Waals surface area contributed by atoms with Gasteiger partial charge in [0.25, 0.3) is 0 Å². The Labute approximate surface area is 173 Å². The minimum atomic E-state index is -1.13. The van der Waals surface area contributed by atoms with Crippen molar-refractivity contribution in [2.75, 3.05) is 18.5 Å². The summed E-state index contributed by atoms with van der Waals surface area (Å²) in [4.78, 5) is 21.2. The van der Waals surface area contributed by atoms with Crippen molar-refractivity contribution in [3.05, 3.63) is 18.0 Å². The molecule has 0 spiro atoms. The third-order valence-corrected chi connectivity index (χ3v) is 6.12. The first kappa shape index (κ1) is 20.5. The molecule has 2 aromatic rings. The smallest absolute Gasteiger partial charge is 0.306 e. The van der Waals surface area contributed by atoms with Crippen LogP contribution in [0.25, 0.3) is 11.0 Å². The van der Waals surface area contributed by atoms with E-state index in [0.29, 0.717) is 25.1 Å². The predicted molar refractivity (Wildman–Crippen MR) is 109 cm³/mol. The normalized spacial score (nSPS) is 23.2. The lowest BCUT2D eigenvalue weighted by Gasteiger charge is -2.28. The van der Waals surface area contributed by atoms with Crippen LogP contribution in [0.1, 0.15) is 44.6 Å². The molecular formula is C20H27N5O5. The lowest BCUT2D eigenvalue weighted by atomic mass is 9.85. The molecule has 1 aliphatic carbocycles. The number of hydrogen-bond donors (Lipinski definition) is 4. The van der Waals surface area contributed by atoms with Crippen molar-refractivity contribution in [1.82, 2.24) is 14.8 Å². The van der Waals surface area contributed by atoms with Gasteiger partial charge in [0.2, 0.25) is 0 Å². The number of anilines is 1. The Morgan fingerprint density at radius 2 is 2.00 bits per heavy atom. The number of carboxylic acid groups (broad SMARTS) is 1. The molecule has 4 rings (SSSR count). The molecule has 162 valence electrons. The topological polar surface area (TPSA) is 142 Å². The number of aliphatic hydroxyl groups is 2. The van der Waals surface area contributed by atoms with Gasteiger partial charge in [0, 0.05) is 30.8 Å². The van der Waals surface area contributed by atoms with Gasteiger partial charge in [-0.05, 0) is 32.6 Å². The van der Waals surface area contributed by atoms with Gasteiger partial charge in [0.05, 0.1) is 42.1 Å². The van der Waals surface area contributed by atoms with E-state index in [1.54, 1.807) is 12.4 Å². The maximum absolute atomic E-state index is 11.3. The van der Waals surface area contributed by atoms with Crippen LogP contribution in [0.3, 0.4) is 0 Å². The highest BCUT2D eigenvalue weighted by atomic mass is 16.7. The Hall–Kier alpha value is -2.72. The Balaban J connectivity index is 1.67. The summed E-state index contributed by atoms with van der Waals surface area (Å²) in [5.41, 5.74) is 1.78. The van der Waals surface area contributed by atoms with Crippen LogP contribution in [0.2, 0.25) is 0 Å². The highest BCUT2D eigenvalue weighted by Crippen LogP contribution is 2.35. The maximum Gasteiger partial charge on any atom is 0.306 e. The first-order chi connectivity index (χ1) is 14.5. The molecule has 4 N–H and O–H groups in total. The van der Waals surface area contributed by atoms with Crippen LogP contribution in [0.15, 0.2) is 17.5 Å². The summed E-state index contributed by atoms with van der Waals surface area (Å²) >= 11 is 0. The molecule has 0 unspecified atom stereocenters. The molecule has 3 heterocycles. The number of nitrogens with zero attached hydrogens (tertiary/aromatic N) is 4. The first-order valence-corrected chi connectivity index (χ1v) is 10.3. The van der Waals surface area contributed by atoms with Crippen molar-refractivity contribution in [2.24, 2.45) is 11.1 Å². The SMILES string of the molecule is CCn1ncc2c(NC3CCC(C(=O)O)CC3)c(C3=NOC(CO)(CO)C3)cnc21. The Bertz CT molecular complexity index is 960. The van der Waals surface area contributed by atoms with Crippen molar-refractivity contribution in [3.63, 3.8) is 0 Å². The van der Waals surface area contributed by atoms with Gasteiger partial charge >= 0.3 is 5.97 Å². The van der Waals surface area contributed by atoms with Crippen LogP contribution in [0, 0.1) is 5.92 Å². The second-order valence-corrected chi connectivity index (χ2v) is 8.08. The van der Waals surface area contributed by atoms with Gasteiger partial charge in [0.15, 0.2) is 11.2 Å². The number of hydrogen-bond acceptors (Lipinski definition) is 8. The fourth-order valence-corrected chi connectivity index (χ4v) is 4.21. The van der Waals surface area contributed by atoms with Crippen molar-refractivity contribution >= 4 is 28.4 Å². The molecule has 0 radical (unpaired) electrons. The number of nitrogens with one attached hydrogen (secondary N) is 1. The molecular weight excluding hydrogens is 390 g/mol. The third kappa shape index (κ3) is 3.61. The van der Waals surface area contributed by atoms with E-state index in [9.17, 15) is 20.1 Å². The number of aliphatic carboxylic acids is 1. The number of oxime groups is 1. The summed E-state index contributed by atoms with van der Waals surface area (Å²) in [6.45, 7) is 1.99. The number of carboxylic acids is 1. The largest absolute Gasteiger partial charge is 0.481 e. The van der Waals surface area contributed by atoms with Crippen molar-refractivity contribution in [1.29, 1.82) is 0 Å². The van der Waals surface area contributed by atoms with Gasteiger partial charge in [-0.2, -0.15) is 5.10 Å². The molecule has 10 heteroatoms. The van der Waals surface area contributed by atoms with Gasteiger partial charge in [0.1, 0.15) is 0 Å². The summed E-state index contributed by atoms with van der Waals surface area (Å²) in [6, 6.07) is 0.123. The quantitative estimate of drug-likeness (QED) is 0.529. The average molecular weight is 417 g/mol. The predicted octanol–water partition coefficient (Wildman–Crippen LogP) is 1.35.